The van der Waals surface area contributed by atoms with Crippen molar-refractivity contribution in [2.45, 2.75) is 126 Å². The van der Waals surface area contributed by atoms with Gasteiger partial charge in [0.05, 0.1) is 40.7 Å². The minimum Gasteiger partial charge on any atom is -0.464 e. The average molecular weight is 637 g/mol. The molecule has 10 atom stereocenters. The highest BCUT2D eigenvalue weighted by atomic mass is 16.7. The summed E-state index contributed by atoms with van der Waals surface area (Å²) < 4.78 is 26.6. The fraction of sp³-hybridized carbons (Fsp3) is 0.947. The van der Waals surface area contributed by atoms with Crippen LogP contribution in [0.4, 0.5) is 0 Å². The van der Waals surface area contributed by atoms with Crippen molar-refractivity contribution < 1.29 is 38.7 Å². The predicted octanol–water partition coefficient (Wildman–Crippen LogP) is 4.92. The molecule has 7 bridgehead atoms. The maximum atomic E-state index is 14.0. The molecule has 0 radical (unpaired) electrons. The zero-order chi connectivity index (χ0) is 31.0. The Morgan fingerprint density at radius 1 is 0.717 bits per heavy atom. The van der Waals surface area contributed by atoms with Crippen LogP contribution in [0.5, 0.6) is 0 Å². The summed E-state index contributed by atoms with van der Waals surface area (Å²) in [5, 5.41) is 22.2. The van der Waals surface area contributed by atoms with Gasteiger partial charge in [-0.2, -0.15) is 0 Å². The molecular weight excluding hydrogens is 584 g/mol. The van der Waals surface area contributed by atoms with E-state index in [9.17, 15) is 19.8 Å². The molecule has 1 saturated heterocycles. The van der Waals surface area contributed by atoms with Crippen LogP contribution in [0.3, 0.4) is 0 Å². The molecule has 11 aliphatic rings. The van der Waals surface area contributed by atoms with E-state index in [1.165, 1.54) is 32.1 Å². The van der Waals surface area contributed by atoms with Crippen molar-refractivity contribution in [3.05, 3.63) is 0 Å². The number of fused-ring (bicyclic) bond motifs is 6. The molecule has 0 amide bonds. The van der Waals surface area contributed by atoms with E-state index < -0.39 is 33.2 Å². The first kappa shape index (κ1) is 28.6. The summed E-state index contributed by atoms with van der Waals surface area (Å²) in [6, 6.07) is 0. The van der Waals surface area contributed by atoms with Gasteiger partial charge in [0.1, 0.15) is 13.2 Å². The lowest BCUT2D eigenvalue weighted by atomic mass is 9.30. The molecule has 10 saturated carbocycles. The van der Waals surface area contributed by atoms with Gasteiger partial charge in [-0.15, -0.1) is 0 Å². The summed E-state index contributed by atoms with van der Waals surface area (Å²) in [5.41, 5.74) is -2.90. The molecule has 2 spiro atoms. The molecule has 11 fully saturated rings. The highest BCUT2D eigenvalue weighted by molar-refractivity contribution is 5.82. The third kappa shape index (κ3) is 3.28. The van der Waals surface area contributed by atoms with Gasteiger partial charge in [-0.05, 0) is 137 Å². The molecule has 11 rings (SSSR count). The maximum absolute atomic E-state index is 14.0. The van der Waals surface area contributed by atoms with E-state index in [4.69, 9.17) is 18.9 Å². The zero-order valence-corrected chi connectivity index (χ0v) is 27.3. The summed E-state index contributed by atoms with van der Waals surface area (Å²) >= 11 is 0. The molecule has 1 heterocycles. The van der Waals surface area contributed by atoms with Crippen LogP contribution in [0.2, 0.25) is 0 Å². The van der Waals surface area contributed by atoms with Crippen molar-refractivity contribution in [3.63, 3.8) is 0 Å². The van der Waals surface area contributed by atoms with Crippen LogP contribution < -0.4 is 0 Å². The van der Waals surface area contributed by atoms with Crippen LogP contribution in [0.15, 0.2) is 0 Å². The summed E-state index contributed by atoms with van der Waals surface area (Å²) in [4.78, 5) is 28.0. The van der Waals surface area contributed by atoms with Crippen molar-refractivity contribution in [2.75, 3.05) is 26.4 Å². The quantitative estimate of drug-likeness (QED) is 0.396. The number of rotatable bonds is 6. The Balaban J connectivity index is 0.836. The number of aliphatic hydroxyl groups is 2. The van der Waals surface area contributed by atoms with Gasteiger partial charge in [0.25, 0.3) is 0 Å². The van der Waals surface area contributed by atoms with E-state index in [2.05, 4.69) is 0 Å². The van der Waals surface area contributed by atoms with Crippen LogP contribution in [-0.2, 0) is 28.5 Å². The third-order valence-electron chi connectivity index (χ3n) is 17.5. The van der Waals surface area contributed by atoms with Gasteiger partial charge in [-0.25, -0.2) is 0 Å². The molecule has 252 valence electrons. The van der Waals surface area contributed by atoms with Gasteiger partial charge in [0.15, 0.2) is 5.79 Å². The van der Waals surface area contributed by atoms with Crippen LogP contribution in [0, 0.1) is 69.0 Å². The summed E-state index contributed by atoms with van der Waals surface area (Å²) in [7, 11) is 0. The first-order valence-corrected chi connectivity index (χ1v) is 19.1. The molecule has 8 heteroatoms. The Kier molecular flexibility index (Phi) is 5.43. The number of esters is 2. The van der Waals surface area contributed by atoms with Crippen molar-refractivity contribution in [1.82, 2.24) is 0 Å². The summed E-state index contributed by atoms with van der Waals surface area (Å²) in [5.74, 6) is 3.05. The molecule has 46 heavy (non-hydrogen) atoms. The molecule has 8 nitrogen and oxygen atoms in total. The Labute approximate surface area is 272 Å². The molecule has 9 unspecified atom stereocenters. The van der Waals surface area contributed by atoms with Crippen LogP contribution in [0.25, 0.3) is 0 Å². The van der Waals surface area contributed by atoms with Gasteiger partial charge in [-0.3, -0.25) is 9.59 Å². The fourth-order valence-corrected chi connectivity index (χ4v) is 15.7. The number of hydrogen-bond donors (Lipinski definition) is 2. The second-order valence-electron chi connectivity index (χ2n) is 19.5. The van der Waals surface area contributed by atoms with Crippen LogP contribution in [-0.4, -0.2) is 65.6 Å². The lowest BCUT2D eigenvalue weighted by molar-refractivity contribution is -0.347. The van der Waals surface area contributed by atoms with Crippen molar-refractivity contribution in [3.8, 4) is 0 Å². The Morgan fingerprint density at radius 2 is 1.48 bits per heavy atom. The number of carbonyl (C=O) groups is 2. The number of carbonyl (C=O) groups excluding carboxylic acids is 2. The first-order chi connectivity index (χ1) is 22.0. The molecule has 1 aliphatic heterocycles. The highest BCUT2D eigenvalue weighted by Gasteiger charge is 2.87. The lowest BCUT2D eigenvalue weighted by Gasteiger charge is -2.72. The van der Waals surface area contributed by atoms with E-state index in [0.717, 1.165) is 83.0 Å². The molecule has 10 aliphatic carbocycles. The number of hydrogen-bond acceptors (Lipinski definition) is 8. The monoisotopic (exact) mass is 636 g/mol. The van der Waals surface area contributed by atoms with Gasteiger partial charge >= 0.3 is 11.9 Å². The third-order valence-corrected chi connectivity index (χ3v) is 17.5. The maximum Gasteiger partial charge on any atom is 0.312 e. The van der Waals surface area contributed by atoms with Gasteiger partial charge in [0, 0.05) is 11.8 Å². The van der Waals surface area contributed by atoms with Gasteiger partial charge < -0.3 is 29.2 Å². The second-order valence-corrected chi connectivity index (χ2v) is 19.5. The average Bonchev–Trinajstić information content (AvgIpc) is 3.60. The van der Waals surface area contributed by atoms with E-state index in [1.54, 1.807) is 0 Å². The fourth-order valence-electron chi connectivity index (χ4n) is 15.7. The normalized spacial score (nSPS) is 60.8. The molecule has 0 aromatic heterocycles. The van der Waals surface area contributed by atoms with Gasteiger partial charge in [0.2, 0.25) is 0 Å². The molecule has 0 aromatic carbocycles. The topological polar surface area (TPSA) is 112 Å². The van der Waals surface area contributed by atoms with Crippen molar-refractivity contribution >= 4 is 11.9 Å². The SMILES string of the molecule is O=C(OCC1(COC(=O)C23CC4CC5(O)CC(C2)C43C5)COC2(OC1)C1CC3CCCC2[C@@H](C3)C1)C12CCCC3(O)CC(C1)C3C2. The van der Waals surface area contributed by atoms with E-state index in [-0.39, 0.29) is 36.5 Å². The molecule has 2 N–H and O–H groups in total. The van der Waals surface area contributed by atoms with Crippen LogP contribution in [0.1, 0.15) is 109 Å². The Morgan fingerprint density at radius 3 is 2.24 bits per heavy atom. The summed E-state index contributed by atoms with van der Waals surface area (Å²) in [6.45, 7) is 1.01. The molecule has 0 aromatic rings. The Hall–Kier alpha value is -1.22. The van der Waals surface area contributed by atoms with Crippen LogP contribution >= 0.6 is 0 Å². The van der Waals surface area contributed by atoms with E-state index >= 15 is 0 Å². The summed E-state index contributed by atoms with van der Waals surface area (Å²) in [6.07, 6.45) is 16.3. The largest absolute Gasteiger partial charge is 0.464 e. The minimum absolute atomic E-state index is 0.0522. The predicted molar refractivity (Wildman–Crippen MR) is 163 cm³/mol. The van der Waals surface area contributed by atoms with Crippen molar-refractivity contribution in [2.24, 2.45) is 69.0 Å². The minimum atomic E-state index is -0.742. The Bertz CT molecular complexity index is 1340. The molecular formula is C38H52O8. The standard InChI is InChI=1S/C38H52O8/c39-30(33-5-2-6-36(42)11-24(10-33)29(36)16-33)43-18-32(19-44-31(40)35-14-26-12-34(41)13-27(15-35)37(26,35)17-34)20-45-38(46-21-32)25-8-22-3-1-4-28(38)23(7-22)9-25/h22-29,41-42H,1-21H2/t22?,23-,24?,25?,26?,27?,28?,29?,32?,33?,34?,35?,36?,37?,38?/m0/s1. The zero-order valence-electron chi connectivity index (χ0n) is 27.3. The van der Waals surface area contributed by atoms with Crippen molar-refractivity contribution in [1.29, 1.82) is 0 Å². The number of ether oxygens (including phenoxy) is 4. The smallest absolute Gasteiger partial charge is 0.312 e. The van der Waals surface area contributed by atoms with E-state index in [0.29, 0.717) is 48.7 Å². The second kappa shape index (κ2) is 8.73. The van der Waals surface area contributed by atoms with Gasteiger partial charge in [-0.1, -0.05) is 12.8 Å². The highest BCUT2D eigenvalue weighted by Crippen LogP contribution is 2.88. The lowest BCUT2D eigenvalue weighted by Crippen LogP contribution is -2.72. The first-order valence-electron chi connectivity index (χ1n) is 19.1. The van der Waals surface area contributed by atoms with E-state index in [1.807, 2.05) is 0 Å².